The lowest BCUT2D eigenvalue weighted by molar-refractivity contribution is -0.122. The number of hydrogen-bond donors (Lipinski definition) is 1. The number of nitrogens with two attached hydrogens (primary N) is 1. The molecule has 0 unspecified atom stereocenters. The molecule has 112 valence electrons. The first-order valence-electron chi connectivity index (χ1n) is 7.45. The number of rotatable bonds is 4. The molecule has 6 heteroatoms. The first-order chi connectivity index (χ1) is 10.1. The normalized spacial score (nSPS) is 15.8. The maximum absolute atomic E-state index is 11.2. The molecule has 0 saturated carbocycles. The van der Waals surface area contributed by atoms with E-state index in [-0.39, 0.29) is 11.8 Å². The lowest BCUT2D eigenvalue weighted by Crippen LogP contribution is -2.39. The Morgan fingerprint density at radius 1 is 1.33 bits per heavy atom. The number of nitriles is 1. The lowest BCUT2D eigenvalue weighted by atomic mass is 9.95. The zero-order valence-corrected chi connectivity index (χ0v) is 12.6. The summed E-state index contributed by atoms with van der Waals surface area (Å²) in [6.45, 7) is 5.42. The lowest BCUT2D eigenvalue weighted by Gasteiger charge is -2.32. The molecule has 1 amide bonds. The van der Waals surface area contributed by atoms with Crippen LogP contribution in [-0.4, -0.2) is 29.2 Å². The summed E-state index contributed by atoms with van der Waals surface area (Å²) >= 11 is 0. The van der Waals surface area contributed by atoms with E-state index in [2.05, 4.69) is 16.3 Å². The number of piperidine rings is 1. The van der Waals surface area contributed by atoms with E-state index in [0.29, 0.717) is 37.3 Å². The van der Waals surface area contributed by atoms with Gasteiger partial charge in [0, 0.05) is 19.0 Å². The Kier molecular flexibility index (Phi) is 4.73. The minimum atomic E-state index is -0.239. The van der Waals surface area contributed by atoms with Crippen LogP contribution >= 0.6 is 0 Å². The average Bonchev–Trinajstić information content (AvgIpc) is 2.53. The van der Waals surface area contributed by atoms with Crippen LogP contribution < -0.4 is 10.6 Å². The van der Waals surface area contributed by atoms with Crippen LogP contribution in [0.4, 0.5) is 5.82 Å². The maximum atomic E-state index is 11.2. The summed E-state index contributed by atoms with van der Waals surface area (Å²) in [4.78, 5) is 13.3. The highest BCUT2D eigenvalue weighted by Crippen LogP contribution is 2.27. The summed E-state index contributed by atoms with van der Waals surface area (Å²) in [7, 11) is 0. The maximum Gasteiger partial charge on any atom is 0.220 e. The highest BCUT2D eigenvalue weighted by atomic mass is 16.1. The second-order valence-electron chi connectivity index (χ2n) is 5.31. The molecular formula is C15H21N5O. The van der Waals surface area contributed by atoms with Gasteiger partial charge in [0.05, 0.1) is 5.69 Å². The van der Waals surface area contributed by atoms with Crippen molar-refractivity contribution in [1.82, 2.24) is 10.2 Å². The second kappa shape index (κ2) is 6.53. The number of amides is 1. The SMILES string of the molecule is CCc1nnc(N2CCC(C(N)=O)CC2)c(C#N)c1CC. The number of anilines is 1. The van der Waals surface area contributed by atoms with Crippen LogP contribution in [0.5, 0.6) is 0 Å². The van der Waals surface area contributed by atoms with Gasteiger partial charge < -0.3 is 10.6 Å². The summed E-state index contributed by atoms with van der Waals surface area (Å²) in [5.41, 5.74) is 7.86. The molecule has 2 N–H and O–H groups in total. The van der Waals surface area contributed by atoms with Gasteiger partial charge in [0.15, 0.2) is 5.82 Å². The Bertz CT molecular complexity index is 570. The van der Waals surface area contributed by atoms with Crippen LogP contribution in [0.25, 0.3) is 0 Å². The molecule has 0 bridgehead atoms. The largest absolute Gasteiger partial charge is 0.369 e. The second-order valence-corrected chi connectivity index (χ2v) is 5.31. The molecule has 2 heterocycles. The molecule has 0 spiro atoms. The topological polar surface area (TPSA) is 95.9 Å². The highest BCUT2D eigenvalue weighted by molar-refractivity contribution is 5.77. The van der Waals surface area contributed by atoms with E-state index in [4.69, 9.17) is 5.73 Å². The van der Waals surface area contributed by atoms with Gasteiger partial charge in [-0.15, -0.1) is 5.10 Å². The van der Waals surface area contributed by atoms with Crippen LogP contribution in [0, 0.1) is 17.2 Å². The van der Waals surface area contributed by atoms with Gasteiger partial charge in [0.1, 0.15) is 11.6 Å². The van der Waals surface area contributed by atoms with Gasteiger partial charge in [-0.25, -0.2) is 0 Å². The molecule has 1 aromatic heterocycles. The third-order valence-electron chi connectivity index (χ3n) is 4.14. The van der Waals surface area contributed by atoms with E-state index in [9.17, 15) is 10.1 Å². The van der Waals surface area contributed by atoms with Gasteiger partial charge in [-0.3, -0.25) is 4.79 Å². The number of aromatic nitrogens is 2. The number of aryl methyl sites for hydroxylation is 1. The molecule has 1 fully saturated rings. The van der Waals surface area contributed by atoms with Crippen LogP contribution in [-0.2, 0) is 17.6 Å². The number of nitrogens with zero attached hydrogens (tertiary/aromatic N) is 4. The Hall–Kier alpha value is -2.16. The zero-order chi connectivity index (χ0) is 15.4. The van der Waals surface area contributed by atoms with E-state index in [1.165, 1.54) is 0 Å². The minimum Gasteiger partial charge on any atom is -0.369 e. The quantitative estimate of drug-likeness (QED) is 0.897. The summed E-state index contributed by atoms with van der Waals surface area (Å²) < 4.78 is 0. The molecule has 0 aliphatic carbocycles. The fourth-order valence-corrected chi connectivity index (χ4v) is 2.88. The molecule has 1 aromatic rings. The Morgan fingerprint density at radius 3 is 2.48 bits per heavy atom. The Morgan fingerprint density at radius 2 is 2.00 bits per heavy atom. The van der Waals surface area contributed by atoms with E-state index in [1.807, 2.05) is 18.7 Å². The van der Waals surface area contributed by atoms with Crippen LogP contribution in [0.15, 0.2) is 0 Å². The van der Waals surface area contributed by atoms with Crippen molar-refractivity contribution < 1.29 is 4.79 Å². The van der Waals surface area contributed by atoms with E-state index in [1.54, 1.807) is 0 Å². The fourth-order valence-electron chi connectivity index (χ4n) is 2.88. The van der Waals surface area contributed by atoms with Crippen molar-refractivity contribution >= 4 is 11.7 Å². The van der Waals surface area contributed by atoms with E-state index in [0.717, 1.165) is 24.1 Å². The molecule has 2 rings (SSSR count). The third kappa shape index (κ3) is 2.97. The van der Waals surface area contributed by atoms with Gasteiger partial charge >= 0.3 is 0 Å². The van der Waals surface area contributed by atoms with Gasteiger partial charge in [-0.1, -0.05) is 13.8 Å². The van der Waals surface area contributed by atoms with Crippen molar-refractivity contribution in [2.45, 2.75) is 39.5 Å². The molecule has 21 heavy (non-hydrogen) atoms. The fraction of sp³-hybridized carbons (Fsp3) is 0.600. The third-order valence-corrected chi connectivity index (χ3v) is 4.14. The predicted octanol–water partition coefficient (Wildman–Crippen LogP) is 1.17. The van der Waals surface area contributed by atoms with Crippen molar-refractivity contribution in [2.24, 2.45) is 11.7 Å². The van der Waals surface area contributed by atoms with Gasteiger partial charge in [-0.05, 0) is 31.2 Å². The standard InChI is InChI=1S/C15H21N5O/c1-3-11-12(9-16)15(19-18-13(11)4-2)20-7-5-10(6-8-20)14(17)21/h10H,3-8H2,1-2H3,(H2,17,21). The molecule has 1 saturated heterocycles. The van der Waals surface area contributed by atoms with Gasteiger partial charge in [0.25, 0.3) is 0 Å². The van der Waals surface area contributed by atoms with Crippen LogP contribution in [0.2, 0.25) is 0 Å². The molecule has 0 aromatic carbocycles. The van der Waals surface area contributed by atoms with Crippen LogP contribution in [0.1, 0.15) is 43.5 Å². The summed E-state index contributed by atoms with van der Waals surface area (Å²) in [5.74, 6) is 0.339. The monoisotopic (exact) mass is 287 g/mol. The molecule has 0 radical (unpaired) electrons. The molecular weight excluding hydrogens is 266 g/mol. The number of carbonyl (C=O) groups is 1. The summed E-state index contributed by atoms with van der Waals surface area (Å²) in [6, 6.07) is 2.29. The van der Waals surface area contributed by atoms with E-state index < -0.39 is 0 Å². The smallest absolute Gasteiger partial charge is 0.220 e. The number of primary amides is 1. The first-order valence-corrected chi connectivity index (χ1v) is 7.45. The van der Waals surface area contributed by atoms with Crippen molar-refractivity contribution in [3.63, 3.8) is 0 Å². The van der Waals surface area contributed by atoms with Gasteiger partial charge in [-0.2, -0.15) is 10.4 Å². The first kappa shape index (κ1) is 15.2. The minimum absolute atomic E-state index is 0.0692. The summed E-state index contributed by atoms with van der Waals surface area (Å²) in [6.07, 6.45) is 2.96. The molecule has 1 aliphatic rings. The molecule has 0 atom stereocenters. The van der Waals surface area contributed by atoms with Crippen molar-refractivity contribution in [1.29, 1.82) is 5.26 Å². The van der Waals surface area contributed by atoms with Crippen molar-refractivity contribution in [2.75, 3.05) is 18.0 Å². The number of carbonyl (C=O) groups excluding carboxylic acids is 1. The average molecular weight is 287 g/mol. The van der Waals surface area contributed by atoms with Crippen LogP contribution in [0.3, 0.4) is 0 Å². The predicted molar refractivity (Wildman–Crippen MR) is 79.6 cm³/mol. The zero-order valence-electron chi connectivity index (χ0n) is 12.6. The number of hydrogen-bond acceptors (Lipinski definition) is 5. The van der Waals surface area contributed by atoms with Crippen molar-refractivity contribution in [3.05, 3.63) is 16.8 Å². The molecule has 6 nitrogen and oxygen atoms in total. The van der Waals surface area contributed by atoms with Gasteiger partial charge in [0.2, 0.25) is 5.91 Å². The molecule has 1 aliphatic heterocycles. The Balaban J connectivity index is 2.29. The summed E-state index contributed by atoms with van der Waals surface area (Å²) in [5, 5.41) is 18.0. The Labute approximate surface area is 125 Å². The van der Waals surface area contributed by atoms with Crippen molar-refractivity contribution in [3.8, 4) is 6.07 Å². The van der Waals surface area contributed by atoms with E-state index >= 15 is 0 Å². The highest BCUT2D eigenvalue weighted by Gasteiger charge is 2.26.